The van der Waals surface area contributed by atoms with Crippen LogP contribution in [0.4, 0.5) is 0 Å². The molecule has 0 bridgehead atoms. The van der Waals surface area contributed by atoms with Gasteiger partial charge in [-0.2, -0.15) is 0 Å². The van der Waals surface area contributed by atoms with Gasteiger partial charge in [0.15, 0.2) is 0 Å². The van der Waals surface area contributed by atoms with Crippen molar-refractivity contribution < 1.29 is 19.4 Å². The number of halogens is 1. The predicted molar refractivity (Wildman–Crippen MR) is 120 cm³/mol. The van der Waals surface area contributed by atoms with E-state index in [2.05, 4.69) is 6.92 Å². The maximum absolute atomic E-state index is 13.1. The summed E-state index contributed by atoms with van der Waals surface area (Å²) in [6.07, 6.45) is 4.69. The van der Waals surface area contributed by atoms with Gasteiger partial charge in [-0.3, -0.25) is 9.59 Å². The lowest BCUT2D eigenvalue weighted by Gasteiger charge is -2.30. The Morgan fingerprint density at radius 3 is 2.39 bits per heavy atom. The Bertz CT molecular complexity index is 1040. The lowest BCUT2D eigenvalue weighted by Crippen LogP contribution is -2.37. The van der Waals surface area contributed by atoms with Gasteiger partial charge < -0.3 is 14.7 Å². The SMILES string of the molecule is CCc1ccc(C2/C(=C(/O)c3ccc(OC)c(Cl)c3)C(=O)C(=O)N2C2CCCC2)cc1. The number of hydrogen-bond acceptors (Lipinski definition) is 4. The van der Waals surface area contributed by atoms with Gasteiger partial charge in [0.25, 0.3) is 11.7 Å². The van der Waals surface area contributed by atoms with Gasteiger partial charge in [0.1, 0.15) is 11.5 Å². The molecular formula is C25H26ClNO4. The van der Waals surface area contributed by atoms with E-state index >= 15 is 0 Å². The number of nitrogens with zero attached hydrogens (tertiary/aromatic N) is 1. The van der Waals surface area contributed by atoms with Gasteiger partial charge in [0.05, 0.1) is 23.7 Å². The number of Topliss-reactive ketones (excluding diaryl/α,β-unsaturated/α-hetero) is 1. The molecule has 1 aliphatic carbocycles. The van der Waals surface area contributed by atoms with E-state index < -0.39 is 17.7 Å². The second-order valence-electron chi connectivity index (χ2n) is 8.09. The van der Waals surface area contributed by atoms with Gasteiger partial charge in [0, 0.05) is 11.6 Å². The molecule has 2 aromatic carbocycles. The first-order valence-electron chi connectivity index (χ1n) is 10.7. The molecule has 1 saturated heterocycles. The van der Waals surface area contributed by atoms with E-state index in [4.69, 9.17) is 16.3 Å². The quantitative estimate of drug-likeness (QED) is 0.391. The van der Waals surface area contributed by atoms with Crippen LogP contribution in [0.25, 0.3) is 5.76 Å². The van der Waals surface area contributed by atoms with Crippen molar-refractivity contribution in [2.75, 3.05) is 7.11 Å². The normalized spacial score (nSPS) is 21.1. The first-order valence-corrected chi connectivity index (χ1v) is 11.1. The number of likely N-dealkylation sites (tertiary alicyclic amines) is 1. The molecule has 6 heteroatoms. The number of carbonyl (C=O) groups excluding carboxylic acids is 2. The molecule has 2 aromatic rings. The summed E-state index contributed by atoms with van der Waals surface area (Å²) in [5.74, 6) is -0.942. The van der Waals surface area contributed by atoms with Gasteiger partial charge in [0.2, 0.25) is 0 Å². The number of aryl methyl sites for hydroxylation is 1. The largest absolute Gasteiger partial charge is 0.507 e. The van der Waals surface area contributed by atoms with Crippen LogP contribution in [0.5, 0.6) is 5.75 Å². The standard InChI is InChI=1S/C25H26ClNO4/c1-3-15-8-10-16(11-9-15)22-21(23(28)17-12-13-20(31-2)19(26)14-17)24(29)25(30)27(22)18-6-4-5-7-18/h8-14,18,22,28H,3-7H2,1-2H3/b23-21-. The number of benzene rings is 2. The smallest absolute Gasteiger partial charge is 0.295 e. The fourth-order valence-electron chi connectivity index (χ4n) is 4.64. The number of ether oxygens (including phenoxy) is 1. The lowest BCUT2D eigenvalue weighted by molar-refractivity contribution is -0.141. The van der Waals surface area contributed by atoms with Crippen molar-refractivity contribution in [2.24, 2.45) is 0 Å². The van der Waals surface area contributed by atoms with Crippen molar-refractivity contribution in [1.82, 2.24) is 4.90 Å². The molecule has 1 N–H and O–H groups in total. The predicted octanol–water partition coefficient (Wildman–Crippen LogP) is 5.28. The second-order valence-corrected chi connectivity index (χ2v) is 8.50. The summed E-state index contributed by atoms with van der Waals surface area (Å²) in [7, 11) is 1.51. The Morgan fingerprint density at radius 2 is 1.81 bits per heavy atom. The molecule has 2 fully saturated rings. The van der Waals surface area contributed by atoms with Gasteiger partial charge in [-0.05, 0) is 48.6 Å². The van der Waals surface area contributed by atoms with Crippen LogP contribution in [0.15, 0.2) is 48.0 Å². The Kier molecular flexibility index (Phi) is 6.05. The highest BCUT2D eigenvalue weighted by Crippen LogP contribution is 2.44. The average Bonchev–Trinajstić information content (AvgIpc) is 3.40. The lowest BCUT2D eigenvalue weighted by atomic mass is 9.93. The van der Waals surface area contributed by atoms with Crippen LogP contribution in [0.2, 0.25) is 5.02 Å². The number of rotatable bonds is 5. The molecule has 0 spiro atoms. The second kappa shape index (κ2) is 8.75. The van der Waals surface area contributed by atoms with E-state index in [0.29, 0.717) is 16.3 Å². The summed E-state index contributed by atoms with van der Waals surface area (Å²) in [4.78, 5) is 27.9. The molecule has 4 rings (SSSR count). The van der Waals surface area contributed by atoms with Crippen molar-refractivity contribution >= 4 is 29.1 Å². The number of carbonyl (C=O) groups is 2. The molecule has 1 aliphatic heterocycles. The maximum atomic E-state index is 13.1. The monoisotopic (exact) mass is 439 g/mol. The first kappa shape index (κ1) is 21.4. The number of methoxy groups -OCH3 is 1. The summed E-state index contributed by atoms with van der Waals surface area (Å²) in [6.45, 7) is 2.08. The minimum Gasteiger partial charge on any atom is -0.507 e. The molecule has 5 nitrogen and oxygen atoms in total. The fourth-order valence-corrected chi connectivity index (χ4v) is 4.90. The number of aliphatic hydroxyl groups excluding tert-OH is 1. The van der Waals surface area contributed by atoms with Crippen molar-refractivity contribution in [3.63, 3.8) is 0 Å². The van der Waals surface area contributed by atoms with Crippen LogP contribution in [0, 0.1) is 0 Å². The van der Waals surface area contributed by atoms with Crippen molar-refractivity contribution in [3.8, 4) is 5.75 Å². The van der Waals surface area contributed by atoms with Crippen LogP contribution in [-0.2, 0) is 16.0 Å². The molecule has 31 heavy (non-hydrogen) atoms. The minimum atomic E-state index is -0.652. The van der Waals surface area contributed by atoms with E-state index in [9.17, 15) is 14.7 Å². The number of ketones is 1. The number of hydrogen-bond donors (Lipinski definition) is 1. The Hall–Kier alpha value is -2.79. The molecular weight excluding hydrogens is 414 g/mol. The van der Waals surface area contributed by atoms with Gasteiger partial charge in [-0.15, -0.1) is 0 Å². The highest BCUT2D eigenvalue weighted by molar-refractivity contribution is 6.46. The molecule has 1 amide bonds. The summed E-state index contributed by atoms with van der Waals surface area (Å²) in [5.41, 5.74) is 2.49. The summed E-state index contributed by atoms with van der Waals surface area (Å²) in [6, 6.07) is 12.1. The van der Waals surface area contributed by atoms with Gasteiger partial charge >= 0.3 is 0 Å². The van der Waals surface area contributed by atoms with Crippen molar-refractivity contribution in [1.29, 1.82) is 0 Å². The van der Waals surface area contributed by atoms with Gasteiger partial charge in [-0.1, -0.05) is 55.6 Å². The van der Waals surface area contributed by atoms with Crippen LogP contribution in [-0.4, -0.2) is 34.8 Å². The third kappa shape index (κ3) is 3.83. The zero-order valence-corrected chi connectivity index (χ0v) is 18.5. The van der Waals surface area contributed by atoms with Crippen LogP contribution in [0.1, 0.15) is 55.3 Å². The molecule has 1 saturated carbocycles. The maximum Gasteiger partial charge on any atom is 0.295 e. The topological polar surface area (TPSA) is 66.8 Å². The highest BCUT2D eigenvalue weighted by atomic mass is 35.5. The third-order valence-corrected chi connectivity index (χ3v) is 6.62. The molecule has 0 aromatic heterocycles. The minimum absolute atomic E-state index is 0.00272. The summed E-state index contributed by atoms with van der Waals surface area (Å²) >= 11 is 6.24. The zero-order chi connectivity index (χ0) is 22.1. The van der Waals surface area contributed by atoms with Crippen LogP contribution >= 0.6 is 11.6 Å². The Balaban J connectivity index is 1.86. The average molecular weight is 440 g/mol. The first-order chi connectivity index (χ1) is 15.0. The molecule has 162 valence electrons. The van der Waals surface area contributed by atoms with Crippen molar-refractivity contribution in [3.05, 3.63) is 69.8 Å². The summed E-state index contributed by atoms with van der Waals surface area (Å²) < 4.78 is 5.18. The van der Waals surface area contributed by atoms with Crippen LogP contribution < -0.4 is 4.74 Å². The van der Waals surface area contributed by atoms with Gasteiger partial charge in [-0.25, -0.2) is 0 Å². The molecule has 2 aliphatic rings. The Labute approximate surface area is 187 Å². The van der Waals surface area contributed by atoms with Crippen LogP contribution in [0.3, 0.4) is 0 Å². The highest BCUT2D eigenvalue weighted by Gasteiger charge is 2.49. The number of amides is 1. The molecule has 0 radical (unpaired) electrons. The van der Waals surface area contributed by atoms with E-state index in [1.165, 1.54) is 12.7 Å². The molecule has 1 heterocycles. The summed E-state index contributed by atoms with van der Waals surface area (Å²) in [5, 5.41) is 11.5. The van der Waals surface area contributed by atoms with E-state index in [1.807, 2.05) is 24.3 Å². The fraction of sp³-hybridized carbons (Fsp3) is 0.360. The Morgan fingerprint density at radius 1 is 1.13 bits per heavy atom. The molecule has 1 atom stereocenters. The van der Waals surface area contributed by atoms with Crippen molar-refractivity contribution in [2.45, 2.75) is 51.1 Å². The zero-order valence-electron chi connectivity index (χ0n) is 17.7. The number of aliphatic hydroxyl groups is 1. The molecule has 1 unspecified atom stereocenters. The van der Waals surface area contributed by atoms with E-state index in [1.54, 1.807) is 23.1 Å². The third-order valence-electron chi connectivity index (χ3n) is 6.33. The van der Waals surface area contributed by atoms with E-state index in [0.717, 1.165) is 37.7 Å². The van der Waals surface area contributed by atoms with E-state index in [-0.39, 0.29) is 17.4 Å².